The number of nitrogens with zero attached hydrogens (tertiary/aromatic N) is 1. The Balaban J connectivity index is 2.05. The zero-order chi connectivity index (χ0) is 18.4. The van der Waals surface area contributed by atoms with Crippen LogP contribution in [0.1, 0.15) is 29.1 Å². The largest absolute Gasteiger partial charge is 0.497 e. The number of rotatable bonds is 7. The van der Waals surface area contributed by atoms with Crippen LogP contribution in [0.4, 0.5) is 0 Å². The first-order valence-electron chi connectivity index (χ1n) is 8.14. The third kappa shape index (κ3) is 5.06. The van der Waals surface area contributed by atoms with Gasteiger partial charge < -0.3 is 15.0 Å². The van der Waals surface area contributed by atoms with E-state index >= 15 is 0 Å². The molecule has 0 radical (unpaired) electrons. The van der Waals surface area contributed by atoms with Gasteiger partial charge in [-0.05, 0) is 41.6 Å². The van der Waals surface area contributed by atoms with Crippen LogP contribution in [-0.4, -0.2) is 36.9 Å². The van der Waals surface area contributed by atoms with Gasteiger partial charge in [0, 0.05) is 17.5 Å². The van der Waals surface area contributed by atoms with Crippen LogP contribution in [0.5, 0.6) is 5.75 Å². The Kier molecular flexibility index (Phi) is 6.58. The predicted octanol–water partition coefficient (Wildman–Crippen LogP) is 3.17. The normalized spacial score (nSPS) is 11.9. The van der Waals surface area contributed by atoms with Crippen molar-refractivity contribution in [1.82, 2.24) is 10.2 Å². The molecule has 1 heterocycles. The third-order valence-electron chi connectivity index (χ3n) is 3.92. The number of carbonyl (C=O) groups excluding carboxylic acids is 2. The summed E-state index contributed by atoms with van der Waals surface area (Å²) in [6.07, 6.45) is 0. The Bertz CT molecular complexity index is 696. The van der Waals surface area contributed by atoms with Crippen LogP contribution in [0.25, 0.3) is 0 Å². The maximum atomic E-state index is 12.8. The second-order valence-corrected chi connectivity index (χ2v) is 7.23. The fourth-order valence-electron chi connectivity index (χ4n) is 2.43. The Morgan fingerprint density at radius 2 is 1.88 bits per heavy atom. The van der Waals surface area contributed by atoms with E-state index in [9.17, 15) is 9.59 Å². The molecule has 0 spiro atoms. The number of ether oxygens (including phenoxy) is 1. The molecule has 0 aliphatic carbocycles. The van der Waals surface area contributed by atoms with Crippen molar-refractivity contribution < 1.29 is 14.3 Å². The molecule has 6 heteroatoms. The molecule has 0 bridgehead atoms. The van der Waals surface area contributed by atoms with E-state index in [1.165, 1.54) is 0 Å². The van der Waals surface area contributed by atoms with Gasteiger partial charge in [0.25, 0.3) is 5.91 Å². The number of benzene rings is 1. The van der Waals surface area contributed by atoms with E-state index < -0.39 is 6.04 Å². The molecule has 1 atom stereocenters. The fraction of sp³-hybridized carbons (Fsp3) is 0.368. The van der Waals surface area contributed by atoms with E-state index in [-0.39, 0.29) is 17.7 Å². The van der Waals surface area contributed by atoms with Crippen LogP contribution in [0, 0.1) is 5.92 Å². The molecule has 2 rings (SSSR count). The van der Waals surface area contributed by atoms with Crippen LogP contribution >= 0.6 is 11.3 Å². The zero-order valence-electron chi connectivity index (χ0n) is 15.0. The number of methoxy groups -OCH3 is 1. The number of hydrogen-bond acceptors (Lipinski definition) is 4. The van der Waals surface area contributed by atoms with E-state index in [0.717, 1.165) is 4.88 Å². The summed E-state index contributed by atoms with van der Waals surface area (Å²) >= 11 is 1.61. The summed E-state index contributed by atoms with van der Waals surface area (Å²) in [5.74, 6) is 0.314. The standard InChI is InChI=1S/C19H24N2O3S/c1-13(2)17(19(23)21(3)12-16-6-5-11-25-16)20-18(22)14-7-9-15(24-4)10-8-14/h5-11,13,17H,12H2,1-4H3,(H,20,22). The molecule has 25 heavy (non-hydrogen) atoms. The number of hydrogen-bond donors (Lipinski definition) is 1. The molecule has 1 aromatic carbocycles. The number of thiophene rings is 1. The van der Waals surface area contributed by atoms with Crippen molar-refractivity contribution in [1.29, 1.82) is 0 Å². The van der Waals surface area contributed by atoms with Gasteiger partial charge in [0.1, 0.15) is 11.8 Å². The minimum Gasteiger partial charge on any atom is -0.497 e. The van der Waals surface area contributed by atoms with Gasteiger partial charge in [0.2, 0.25) is 5.91 Å². The highest BCUT2D eigenvalue weighted by Gasteiger charge is 2.27. The van der Waals surface area contributed by atoms with Crippen LogP contribution < -0.4 is 10.1 Å². The van der Waals surface area contributed by atoms with Crippen LogP contribution in [0.2, 0.25) is 0 Å². The quantitative estimate of drug-likeness (QED) is 0.825. The average molecular weight is 360 g/mol. The van der Waals surface area contributed by atoms with Crippen molar-refractivity contribution in [2.75, 3.05) is 14.2 Å². The monoisotopic (exact) mass is 360 g/mol. The fourth-order valence-corrected chi connectivity index (χ4v) is 3.19. The van der Waals surface area contributed by atoms with Gasteiger partial charge in [-0.3, -0.25) is 9.59 Å². The summed E-state index contributed by atoms with van der Waals surface area (Å²) in [5, 5.41) is 4.85. The average Bonchev–Trinajstić information content (AvgIpc) is 3.11. The van der Waals surface area contributed by atoms with Gasteiger partial charge in [-0.25, -0.2) is 0 Å². The van der Waals surface area contributed by atoms with Crippen molar-refractivity contribution >= 4 is 23.2 Å². The molecule has 5 nitrogen and oxygen atoms in total. The maximum absolute atomic E-state index is 12.8. The van der Waals surface area contributed by atoms with Gasteiger partial charge in [-0.15, -0.1) is 11.3 Å². The first-order chi connectivity index (χ1) is 11.9. The first kappa shape index (κ1) is 19.0. The Hall–Kier alpha value is -2.34. The van der Waals surface area contributed by atoms with Crippen molar-refractivity contribution in [3.05, 3.63) is 52.2 Å². The Morgan fingerprint density at radius 1 is 1.20 bits per heavy atom. The number of carbonyl (C=O) groups is 2. The molecule has 2 aromatic rings. The molecule has 1 unspecified atom stereocenters. The van der Waals surface area contributed by atoms with Gasteiger partial charge in [0.05, 0.1) is 13.7 Å². The minimum absolute atomic E-state index is 0.0134. The molecule has 0 fully saturated rings. The SMILES string of the molecule is COc1ccc(C(=O)NC(C(=O)N(C)Cc2cccs2)C(C)C)cc1. The first-order valence-corrected chi connectivity index (χ1v) is 9.02. The molecular formula is C19H24N2O3S. The minimum atomic E-state index is -0.570. The van der Waals surface area contributed by atoms with E-state index in [1.54, 1.807) is 54.7 Å². The zero-order valence-corrected chi connectivity index (χ0v) is 15.8. The molecule has 0 saturated carbocycles. The summed E-state index contributed by atoms with van der Waals surface area (Å²) < 4.78 is 5.10. The summed E-state index contributed by atoms with van der Waals surface area (Å²) in [4.78, 5) is 28.0. The number of likely N-dealkylation sites (N-methyl/N-ethyl adjacent to an activating group) is 1. The van der Waals surface area contributed by atoms with Gasteiger partial charge in [-0.1, -0.05) is 19.9 Å². The second kappa shape index (κ2) is 8.67. The predicted molar refractivity (Wildman–Crippen MR) is 99.9 cm³/mol. The molecule has 0 saturated heterocycles. The molecule has 2 amide bonds. The lowest BCUT2D eigenvalue weighted by molar-refractivity contribution is -0.133. The lowest BCUT2D eigenvalue weighted by Gasteiger charge is -2.27. The second-order valence-electron chi connectivity index (χ2n) is 6.20. The molecule has 0 aliphatic rings. The Labute approximate surface area is 152 Å². The van der Waals surface area contributed by atoms with Gasteiger partial charge >= 0.3 is 0 Å². The summed E-state index contributed by atoms with van der Waals surface area (Å²) in [6, 6.07) is 10.2. The summed E-state index contributed by atoms with van der Waals surface area (Å²) in [6.45, 7) is 4.39. The highest BCUT2D eigenvalue weighted by atomic mass is 32.1. The van der Waals surface area contributed by atoms with Gasteiger partial charge in [-0.2, -0.15) is 0 Å². The smallest absolute Gasteiger partial charge is 0.251 e. The van der Waals surface area contributed by atoms with E-state index in [0.29, 0.717) is 17.9 Å². The van der Waals surface area contributed by atoms with Crippen molar-refractivity contribution in [3.63, 3.8) is 0 Å². The highest BCUT2D eigenvalue weighted by Crippen LogP contribution is 2.15. The van der Waals surface area contributed by atoms with E-state index in [4.69, 9.17) is 4.74 Å². The lowest BCUT2D eigenvalue weighted by Crippen LogP contribution is -2.49. The molecule has 1 aromatic heterocycles. The molecule has 0 aliphatic heterocycles. The van der Waals surface area contributed by atoms with Crippen LogP contribution in [0.15, 0.2) is 41.8 Å². The molecule has 134 valence electrons. The number of nitrogens with one attached hydrogen (secondary N) is 1. The van der Waals surface area contributed by atoms with Crippen molar-refractivity contribution in [2.45, 2.75) is 26.4 Å². The summed E-state index contributed by atoms with van der Waals surface area (Å²) in [7, 11) is 3.34. The van der Waals surface area contributed by atoms with Crippen LogP contribution in [0.3, 0.4) is 0 Å². The topological polar surface area (TPSA) is 58.6 Å². The number of amides is 2. The van der Waals surface area contributed by atoms with E-state index in [2.05, 4.69) is 5.32 Å². The lowest BCUT2D eigenvalue weighted by atomic mass is 10.0. The third-order valence-corrected chi connectivity index (χ3v) is 4.78. The molecule has 1 N–H and O–H groups in total. The van der Waals surface area contributed by atoms with Crippen LogP contribution in [-0.2, 0) is 11.3 Å². The maximum Gasteiger partial charge on any atom is 0.251 e. The highest BCUT2D eigenvalue weighted by molar-refractivity contribution is 7.09. The Morgan fingerprint density at radius 3 is 2.40 bits per heavy atom. The van der Waals surface area contributed by atoms with E-state index in [1.807, 2.05) is 31.4 Å². The summed E-state index contributed by atoms with van der Waals surface area (Å²) in [5.41, 5.74) is 0.500. The van der Waals surface area contributed by atoms with Crippen molar-refractivity contribution in [2.24, 2.45) is 5.92 Å². The van der Waals surface area contributed by atoms with Crippen molar-refractivity contribution in [3.8, 4) is 5.75 Å². The molecular weight excluding hydrogens is 336 g/mol. The van der Waals surface area contributed by atoms with Gasteiger partial charge in [0.15, 0.2) is 0 Å².